The van der Waals surface area contributed by atoms with Crippen molar-refractivity contribution < 1.29 is 38.0 Å². The minimum absolute atomic E-state index is 0.0990. The minimum atomic E-state index is -0.813. The summed E-state index contributed by atoms with van der Waals surface area (Å²) >= 11 is 0. The van der Waals surface area contributed by atoms with Gasteiger partial charge in [-0.05, 0) is 24.3 Å². The van der Waals surface area contributed by atoms with Crippen molar-refractivity contribution >= 4 is 11.9 Å². The predicted octanol–water partition coefficient (Wildman–Crippen LogP) is 2.79. The third-order valence-corrected chi connectivity index (χ3v) is 3.53. The number of hydrogen-bond donors (Lipinski definition) is 0. The van der Waals surface area contributed by atoms with Crippen LogP contribution in [0, 0.1) is 0 Å². The zero-order valence-corrected chi connectivity index (χ0v) is 15.9. The molecule has 2 aromatic rings. The quantitative estimate of drug-likeness (QED) is 0.387. The van der Waals surface area contributed by atoms with Crippen molar-refractivity contribution in [1.82, 2.24) is 0 Å². The summed E-state index contributed by atoms with van der Waals surface area (Å²) in [5.41, 5.74) is 0. The van der Waals surface area contributed by atoms with Crippen LogP contribution in [0.5, 0.6) is 34.5 Å². The van der Waals surface area contributed by atoms with E-state index in [4.69, 9.17) is 28.4 Å². The van der Waals surface area contributed by atoms with Gasteiger partial charge in [0.1, 0.15) is 0 Å². The van der Waals surface area contributed by atoms with Crippen molar-refractivity contribution in [3.8, 4) is 34.5 Å². The fourth-order valence-electron chi connectivity index (χ4n) is 2.24. The van der Waals surface area contributed by atoms with E-state index >= 15 is 0 Å². The molecule has 0 spiro atoms. The SMILES string of the molecule is COc1cccc(OC)c1OC(=O)C=CC(=O)Oc1c(OC)cccc1OC. The van der Waals surface area contributed by atoms with E-state index < -0.39 is 11.9 Å². The van der Waals surface area contributed by atoms with Crippen LogP contribution in [0.15, 0.2) is 48.6 Å². The number of carbonyl (C=O) groups is 2. The number of benzene rings is 2. The summed E-state index contributed by atoms with van der Waals surface area (Å²) in [5, 5.41) is 0. The lowest BCUT2D eigenvalue weighted by Gasteiger charge is -2.12. The van der Waals surface area contributed by atoms with Crippen LogP contribution in [0.4, 0.5) is 0 Å². The van der Waals surface area contributed by atoms with Gasteiger partial charge >= 0.3 is 11.9 Å². The van der Waals surface area contributed by atoms with Crippen LogP contribution in [0.1, 0.15) is 0 Å². The molecule has 0 unspecified atom stereocenters. The second kappa shape index (κ2) is 9.86. The highest BCUT2D eigenvalue weighted by atomic mass is 16.6. The van der Waals surface area contributed by atoms with Crippen molar-refractivity contribution in [2.24, 2.45) is 0 Å². The van der Waals surface area contributed by atoms with E-state index in [1.807, 2.05) is 0 Å². The van der Waals surface area contributed by atoms with E-state index in [2.05, 4.69) is 0 Å². The predicted molar refractivity (Wildman–Crippen MR) is 99.5 cm³/mol. The van der Waals surface area contributed by atoms with Crippen molar-refractivity contribution in [2.45, 2.75) is 0 Å². The summed E-state index contributed by atoms with van der Waals surface area (Å²) in [5.74, 6) is -0.197. The Bertz CT molecular complexity index is 757. The average Bonchev–Trinajstić information content (AvgIpc) is 2.72. The first-order valence-electron chi connectivity index (χ1n) is 8.07. The molecule has 0 aliphatic rings. The number of para-hydroxylation sites is 2. The van der Waals surface area contributed by atoms with Gasteiger partial charge in [-0.3, -0.25) is 0 Å². The van der Waals surface area contributed by atoms with Crippen LogP contribution < -0.4 is 28.4 Å². The van der Waals surface area contributed by atoms with E-state index in [1.165, 1.54) is 28.4 Å². The van der Waals surface area contributed by atoms with Gasteiger partial charge < -0.3 is 28.4 Å². The Morgan fingerprint density at radius 1 is 0.607 bits per heavy atom. The molecule has 0 saturated heterocycles. The molecule has 2 aromatic carbocycles. The number of esters is 2. The van der Waals surface area contributed by atoms with Crippen LogP contribution in [-0.2, 0) is 9.59 Å². The van der Waals surface area contributed by atoms with Crippen LogP contribution in [-0.4, -0.2) is 40.4 Å². The smallest absolute Gasteiger partial charge is 0.336 e. The zero-order valence-electron chi connectivity index (χ0n) is 15.9. The Labute approximate surface area is 162 Å². The molecule has 0 atom stereocenters. The van der Waals surface area contributed by atoms with E-state index in [9.17, 15) is 9.59 Å². The summed E-state index contributed by atoms with van der Waals surface area (Å²) in [4.78, 5) is 24.1. The van der Waals surface area contributed by atoms with Crippen molar-refractivity contribution in [2.75, 3.05) is 28.4 Å². The van der Waals surface area contributed by atoms with Gasteiger partial charge in [0.2, 0.25) is 11.5 Å². The largest absolute Gasteiger partial charge is 0.493 e. The molecule has 8 nitrogen and oxygen atoms in total. The van der Waals surface area contributed by atoms with E-state index in [1.54, 1.807) is 36.4 Å². The third kappa shape index (κ3) is 4.94. The maximum absolute atomic E-state index is 12.1. The fourth-order valence-corrected chi connectivity index (χ4v) is 2.24. The molecular formula is C20H20O8. The molecular weight excluding hydrogens is 368 g/mol. The van der Waals surface area contributed by atoms with Gasteiger partial charge in [-0.25, -0.2) is 9.59 Å². The van der Waals surface area contributed by atoms with E-state index in [0.29, 0.717) is 23.0 Å². The molecule has 0 amide bonds. The number of rotatable bonds is 8. The summed E-state index contributed by atoms with van der Waals surface area (Å²) < 4.78 is 31.0. The first-order chi connectivity index (χ1) is 13.5. The molecule has 148 valence electrons. The van der Waals surface area contributed by atoms with Gasteiger partial charge in [-0.2, -0.15) is 0 Å². The lowest BCUT2D eigenvalue weighted by atomic mass is 10.3. The number of ether oxygens (including phenoxy) is 6. The second-order valence-corrected chi connectivity index (χ2v) is 5.16. The first kappa shape index (κ1) is 20.6. The standard InChI is InChI=1S/C20H20O8/c1-23-13-7-5-8-14(24-2)19(13)27-17(21)11-12-18(22)28-20-15(25-3)9-6-10-16(20)26-4/h5-12H,1-4H3. The van der Waals surface area contributed by atoms with Crippen molar-refractivity contribution in [3.63, 3.8) is 0 Å². The Hall–Kier alpha value is -3.68. The fraction of sp³-hybridized carbons (Fsp3) is 0.200. The second-order valence-electron chi connectivity index (χ2n) is 5.16. The van der Waals surface area contributed by atoms with Crippen LogP contribution in [0.2, 0.25) is 0 Å². The Kier molecular flexibility index (Phi) is 7.27. The highest BCUT2D eigenvalue weighted by molar-refractivity contribution is 5.94. The average molecular weight is 388 g/mol. The molecule has 0 fully saturated rings. The Morgan fingerprint density at radius 2 is 0.893 bits per heavy atom. The van der Waals surface area contributed by atoms with Crippen molar-refractivity contribution in [3.05, 3.63) is 48.6 Å². The normalized spacial score (nSPS) is 10.3. The van der Waals surface area contributed by atoms with Crippen LogP contribution in [0.3, 0.4) is 0 Å². The Morgan fingerprint density at radius 3 is 1.14 bits per heavy atom. The minimum Gasteiger partial charge on any atom is -0.493 e. The molecule has 0 N–H and O–H groups in total. The summed E-state index contributed by atoms with van der Waals surface area (Å²) in [6.07, 6.45) is 1.85. The molecule has 2 rings (SSSR count). The van der Waals surface area contributed by atoms with Crippen LogP contribution in [0.25, 0.3) is 0 Å². The highest BCUT2D eigenvalue weighted by Crippen LogP contribution is 2.37. The zero-order chi connectivity index (χ0) is 20.5. The molecule has 0 aliphatic heterocycles. The Balaban J connectivity index is 2.11. The number of carbonyl (C=O) groups excluding carboxylic acids is 2. The van der Waals surface area contributed by atoms with Gasteiger partial charge in [0.05, 0.1) is 28.4 Å². The van der Waals surface area contributed by atoms with Crippen molar-refractivity contribution in [1.29, 1.82) is 0 Å². The summed E-state index contributed by atoms with van der Waals surface area (Å²) in [6, 6.07) is 9.80. The van der Waals surface area contributed by atoms with Gasteiger partial charge in [-0.15, -0.1) is 0 Å². The molecule has 0 saturated carbocycles. The highest BCUT2D eigenvalue weighted by Gasteiger charge is 2.16. The van der Waals surface area contributed by atoms with Crippen LogP contribution >= 0.6 is 0 Å². The lowest BCUT2D eigenvalue weighted by Crippen LogP contribution is -2.10. The van der Waals surface area contributed by atoms with E-state index in [-0.39, 0.29) is 11.5 Å². The maximum Gasteiger partial charge on any atom is 0.336 e. The molecule has 0 aliphatic carbocycles. The topological polar surface area (TPSA) is 89.5 Å². The third-order valence-electron chi connectivity index (χ3n) is 3.53. The van der Waals surface area contributed by atoms with E-state index in [0.717, 1.165) is 12.2 Å². The molecule has 0 radical (unpaired) electrons. The van der Waals surface area contributed by atoms with Gasteiger partial charge in [0, 0.05) is 12.2 Å². The molecule has 0 bridgehead atoms. The number of methoxy groups -OCH3 is 4. The molecule has 8 heteroatoms. The van der Waals surface area contributed by atoms with Gasteiger partial charge in [0.25, 0.3) is 0 Å². The monoisotopic (exact) mass is 388 g/mol. The van der Waals surface area contributed by atoms with Gasteiger partial charge in [-0.1, -0.05) is 12.1 Å². The first-order valence-corrected chi connectivity index (χ1v) is 8.07. The molecule has 0 aromatic heterocycles. The number of hydrogen-bond acceptors (Lipinski definition) is 8. The molecule has 28 heavy (non-hydrogen) atoms. The molecule has 0 heterocycles. The maximum atomic E-state index is 12.1. The summed E-state index contributed by atoms with van der Waals surface area (Å²) in [6.45, 7) is 0. The summed E-state index contributed by atoms with van der Waals surface area (Å²) in [7, 11) is 5.72. The van der Waals surface area contributed by atoms with Gasteiger partial charge in [0.15, 0.2) is 23.0 Å². The lowest BCUT2D eigenvalue weighted by molar-refractivity contribution is -0.131.